The van der Waals surface area contributed by atoms with Crippen LogP contribution in [0.5, 0.6) is 5.75 Å². The number of aliphatic hydroxyl groups excluding tert-OH is 1. The normalized spacial score (nSPS) is 11.7. The molecule has 0 atom stereocenters. The van der Waals surface area contributed by atoms with Crippen LogP contribution in [-0.4, -0.2) is 38.1 Å². The number of nitrogens with zero attached hydrogens (tertiary/aromatic N) is 4. The van der Waals surface area contributed by atoms with Crippen molar-refractivity contribution in [2.45, 2.75) is 4.34 Å². The third kappa shape index (κ3) is 4.37. The fourth-order valence-corrected chi connectivity index (χ4v) is 4.29. The molecule has 10 heteroatoms. The first-order chi connectivity index (χ1) is 14.7. The number of allylic oxidation sites excluding steroid dienone is 1. The standard InChI is InChI=1S/C20H16N6O2S2/c1-28-13-8-6-12(7-9-13)22-19-25-26-20(30-19)29-11-17(27)14(10-21)18-23-15-4-2-3-5-16(15)24-18/h2-9,27H,11H2,1H3,(H,22,25)(H,23,24). The topological polar surface area (TPSA) is 120 Å². The third-order valence-corrected chi connectivity index (χ3v) is 6.09. The number of hydrogen-bond acceptors (Lipinski definition) is 9. The molecule has 4 aromatic rings. The van der Waals surface area contributed by atoms with Crippen molar-refractivity contribution in [3.8, 4) is 11.8 Å². The number of nitrogens with one attached hydrogen (secondary N) is 2. The lowest BCUT2D eigenvalue weighted by atomic mass is 10.2. The number of aromatic nitrogens is 4. The molecule has 0 spiro atoms. The van der Waals surface area contributed by atoms with E-state index in [-0.39, 0.29) is 17.1 Å². The van der Waals surface area contributed by atoms with Gasteiger partial charge in [-0.15, -0.1) is 10.2 Å². The Morgan fingerprint density at radius 1 is 1.23 bits per heavy atom. The molecular weight excluding hydrogens is 420 g/mol. The van der Waals surface area contributed by atoms with Gasteiger partial charge in [-0.3, -0.25) is 0 Å². The Bertz CT molecular complexity index is 1210. The monoisotopic (exact) mass is 436 g/mol. The number of anilines is 2. The van der Waals surface area contributed by atoms with Crippen LogP contribution in [0.15, 0.2) is 58.6 Å². The first kappa shape index (κ1) is 19.8. The molecule has 8 nitrogen and oxygen atoms in total. The summed E-state index contributed by atoms with van der Waals surface area (Å²) in [5.74, 6) is 1.23. The summed E-state index contributed by atoms with van der Waals surface area (Å²) in [4.78, 5) is 7.43. The van der Waals surface area contributed by atoms with Gasteiger partial charge in [0.15, 0.2) is 10.2 Å². The highest BCUT2D eigenvalue weighted by atomic mass is 32.2. The van der Waals surface area contributed by atoms with E-state index in [0.29, 0.717) is 15.3 Å². The largest absolute Gasteiger partial charge is 0.510 e. The molecule has 0 radical (unpaired) electrons. The van der Waals surface area contributed by atoms with Crippen LogP contribution in [0.25, 0.3) is 16.6 Å². The van der Waals surface area contributed by atoms with Crippen molar-refractivity contribution in [3.63, 3.8) is 0 Å². The summed E-state index contributed by atoms with van der Waals surface area (Å²) >= 11 is 2.65. The number of rotatable bonds is 7. The van der Waals surface area contributed by atoms with Crippen LogP contribution in [0.2, 0.25) is 0 Å². The minimum absolute atomic E-state index is 0.0681. The smallest absolute Gasteiger partial charge is 0.210 e. The maximum absolute atomic E-state index is 10.4. The molecule has 0 unspecified atom stereocenters. The predicted molar refractivity (Wildman–Crippen MR) is 118 cm³/mol. The predicted octanol–water partition coefficient (Wildman–Crippen LogP) is 4.75. The van der Waals surface area contributed by atoms with E-state index in [2.05, 4.69) is 25.5 Å². The van der Waals surface area contributed by atoms with Crippen molar-refractivity contribution in [1.29, 1.82) is 5.26 Å². The molecule has 150 valence electrons. The van der Waals surface area contributed by atoms with Gasteiger partial charge in [0, 0.05) is 5.69 Å². The number of nitriles is 1. The Balaban J connectivity index is 1.43. The van der Waals surface area contributed by atoms with Gasteiger partial charge in [-0.25, -0.2) is 4.98 Å². The molecule has 0 bridgehead atoms. The maximum atomic E-state index is 10.4. The van der Waals surface area contributed by atoms with Crippen LogP contribution >= 0.6 is 23.1 Å². The van der Waals surface area contributed by atoms with Gasteiger partial charge in [0.1, 0.15) is 23.2 Å². The van der Waals surface area contributed by atoms with E-state index in [1.807, 2.05) is 54.6 Å². The van der Waals surface area contributed by atoms with Gasteiger partial charge in [-0.1, -0.05) is 35.2 Å². The zero-order valence-electron chi connectivity index (χ0n) is 15.8. The highest BCUT2D eigenvalue weighted by molar-refractivity contribution is 8.01. The molecule has 0 amide bonds. The number of hydrogen-bond donors (Lipinski definition) is 3. The van der Waals surface area contributed by atoms with Crippen molar-refractivity contribution >= 4 is 50.5 Å². The fourth-order valence-electron chi connectivity index (χ4n) is 2.64. The van der Waals surface area contributed by atoms with Gasteiger partial charge in [0.25, 0.3) is 0 Å². The van der Waals surface area contributed by atoms with Gasteiger partial charge in [0.2, 0.25) is 5.13 Å². The Kier molecular flexibility index (Phi) is 5.83. The second-order valence-corrected chi connectivity index (χ2v) is 8.25. The molecule has 0 fully saturated rings. The van der Waals surface area contributed by atoms with E-state index < -0.39 is 0 Å². The van der Waals surface area contributed by atoms with Crippen molar-refractivity contribution in [2.24, 2.45) is 0 Å². The second kappa shape index (κ2) is 8.86. The van der Waals surface area contributed by atoms with Crippen LogP contribution in [0.1, 0.15) is 5.82 Å². The van der Waals surface area contributed by atoms with Gasteiger partial charge in [-0.2, -0.15) is 5.26 Å². The fraction of sp³-hybridized carbons (Fsp3) is 0.100. The Hall–Kier alpha value is -3.55. The highest BCUT2D eigenvalue weighted by Crippen LogP contribution is 2.30. The first-order valence-electron chi connectivity index (χ1n) is 8.81. The number of aliphatic hydroxyl groups is 1. The Labute approximate surface area is 180 Å². The Morgan fingerprint density at radius 3 is 2.77 bits per heavy atom. The zero-order chi connectivity index (χ0) is 20.9. The number of H-pyrrole nitrogens is 1. The van der Waals surface area contributed by atoms with Crippen LogP contribution in [0, 0.1) is 11.3 Å². The number of ether oxygens (including phenoxy) is 1. The minimum atomic E-state index is -0.0681. The van der Waals surface area contributed by atoms with E-state index in [0.717, 1.165) is 22.5 Å². The second-order valence-electron chi connectivity index (χ2n) is 6.05. The van der Waals surface area contributed by atoms with E-state index in [1.165, 1.54) is 23.1 Å². The van der Waals surface area contributed by atoms with Crippen molar-refractivity contribution in [2.75, 3.05) is 18.2 Å². The lowest BCUT2D eigenvalue weighted by Crippen LogP contribution is -1.95. The number of benzene rings is 2. The number of para-hydroxylation sites is 2. The molecule has 0 saturated heterocycles. The van der Waals surface area contributed by atoms with Crippen LogP contribution in [0.3, 0.4) is 0 Å². The highest BCUT2D eigenvalue weighted by Gasteiger charge is 2.14. The SMILES string of the molecule is COc1ccc(Nc2nnc(SCC(O)=C(C#N)c3nc4ccccc4[nH]3)s2)cc1. The molecule has 2 heterocycles. The average molecular weight is 437 g/mol. The van der Waals surface area contributed by atoms with E-state index in [4.69, 9.17) is 4.74 Å². The van der Waals surface area contributed by atoms with Crippen molar-refractivity contribution < 1.29 is 9.84 Å². The van der Waals surface area contributed by atoms with Gasteiger partial charge in [-0.05, 0) is 36.4 Å². The summed E-state index contributed by atoms with van der Waals surface area (Å²) in [6.07, 6.45) is 0. The number of imidazole rings is 1. The summed E-state index contributed by atoms with van der Waals surface area (Å²) in [5, 5.41) is 32.0. The first-order valence-corrected chi connectivity index (χ1v) is 10.6. The van der Waals surface area contributed by atoms with E-state index in [9.17, 15) is 10.4 Å². The molecule has 0 aliphatic carbocycles. The number of methoxy groups -OCH3 is 1. The van der Waals surface area contributed by atoms with Crippen LogP contribution in [-0.2, 0) is 0 Å². The molecule has 4 rings (SSSR count). The number of fused-ring (bicyclic) bond motifs is 1. The van der Waals surface area contributed by atoms with Crippen LogP contribution in [0.4, 0.5) is 10.8 Å². The lowest BCUT2D eigenvalue weighted by Gasteiger charge is -2.03. The summed E-state index contributed by atoms with van der Waals surface area (Å²) < 4.78 is 5.81. The van der Waals surface area contributed by atoms with E-state index in [1.54, 1.807) is 7.11 Å². The average Bonchev–Trinajstić information content (AvgIpc) is 3.40. The molecule has 0 aliphatic heterocycles. The molecule has 3 N–H and O–H groups in total. The number of thioether (sulfide) groups is 1. The molecule has 2 aromatic heterocycles. The van der Waals surface area contributed by atoms with Gasteiger partial charge in [0.05, 0.1) is 23.9 Å². The summed E-state index contributed by atoms with van der Waals surface area (Å²) in [5.41, 5.74) is 2.51. The molecule has 0 saturated carbocycles. The summed E-state index contributed by atoms with van der Waals surface area (Å²) in [6.45, 7) is 0. The Morgan fingerprint density at radius 2 is 2.03 bits per heavy atom. The summed E-state index contributed by atoms with van der Waals surface area (Å²) in [7, 11) is 1.62. The van der Waals surface area contributed by atoms with Crippen molar-refractivity contribution in [1.82, 2.24) is 20.2 Å². The summed E-state index contributed by atoms with van der Waals surface area (Å²) in [6, 6.07) is 16.9. The third-order valence-electron chi connectivity index (χ3n) is 4.11. The minimum Gasteiger partial charge on any atom is -0.510 e. The maximum Gasteiger partial charge on any atom is 0.210 e. The number of aromatic amines is 1. The molecular formula is C20H16N6O2S2. The molecule has 2 aromatic carbocycles. The zero-order valence-corrected chi connectivity index (χ0v) is 17.4. The lowest BCUT2D eigenvalue weighted by molar-refractivity contribution is 0.415. The molecule has 30 heavy (non-hydrogen) atoms. The van der Waals surface area contributed by atoms with Gasteiger partial charge >= 0.3 is 0 Å². The van der Waals surface area contributed by atoms with E-state index >= 15 is 0 Å². The molecule has 0 aliphatic rings. The van der Waals surface area contributed by atoms with Crippen molar-refractivity contribution in [3.05, 3.63) is 60.1 Å². The quantitative estimate of drug-likeness (QED) is 0.216. The van der Waals surface area contributed by atoms with Gasteiger partial charge < -0.3 is 20.1 Å². The van der Waals surface area contributed by atoms with Crippen LogP contribution < -0.4 is 10.1 Å².